The van der Waals surface area contributed by atoms with Gasteiger partial charge in [0.2, 0.25) is 11.8 Å². The van der Waals surface area contributed by atoms with Gasteiger partial charge >= 0.3 is 0 Å². The molecule has 1 N–H and O–H groups in total. The third-order valence-electron chi connectivity index (χ3n) is 6.73. The van der Waals surface area contributed by atoms with Crippen molar-refractivity contribution in [3.8, 4) is 5.75 Å². The number of hydrogen-bond acceptors (Lipinski definition) is 4. The normalized spacial score (nSPS) is 29.8. The summed E-state index contributed by atoms with van der Waals surface area (Å²) in [6.45, 7) is 2.28. The Hall–Kier alpha value is -2.08. The van der Waals surface area contributed by atoms with Crippen molar-refractivity contribution in [3.05, 3.63) is 29.8 Å². The maximum absolute atomic E-state index is 13.0. The zero-order valence-electron chi connectivity index (χ0n) is 16.9. The monoisotopic (exact) mass is 385 g/mol. The number of fused-ring (bicyclic) bond motifs is 4. The van der Waals surface area contributed by atoms with Crippen molar-refractivity contribution in [1.29, 1.82) is 0 Å². The quantitative estimate of drug-likeness (QED) is 0.857. The molecule has 4 rings (SSSR count). The molecule has 6 nitrogen and oxygen atoms in total. The van der Waals surface area contributed by atoms with Crippen LogP contribution in [0.25, 0.3) is 0 Å². The van der Waals surface area contributed by atoms with Crippen molar-refractivity contribution < 1.29 is 14.7 Å². The minimum atomic E-state index is 0.0791. The molecule has 2 bridgehead atoms. The van der Waals surface area contributed by atoms with Gasteiger partial charge in [-0.05, 0) is 51.3 Å². The van der Waals surface area contributed by atoms with Crippen molar-refractivity contribution in [2.45, 2.75) is 44.2 Å². The average Bonchev–Trinajstić information content (AvgIpc) is 2.66. The number of benzene rings is 1. The standard InChI is InChI=1S/C22H31N3O3/c1-23(2)14-19-17-10-16(18-7-5-9-21(27)25(18)19)12-24(13-17)22(28)11-15-6-3-4-8-20(15)26/h3-4,6,8,16-19,26H,5,7,9-14H2,1-2H3/t16-,17+,18+,19+/m1/s1. The molecule has 152 valence electrons. The van der Waals surface area contributed by atoms with Crippen LogP contribution in [-0.2, 0) is 16.0 Å². The van der Waals surface area contributed by atoms with Crippen molar-refractivity contribution in [2.75, 3.05) is 33.7 Å². The lowest BCUT2D eigenvalue weighted by atomic mass is 9.72. The zero-order chi connectivity index (χ0) is 19.8. The highest BCUT2D eigenvalue weighted by Crippen LogP contribution is 2.41. The Morgan fingerprint density at radius 2 is 1.96 bits per heavy atom. The Balaban J connectivity index is 1.54. The maximum Gasteiger partial charge on any atom is 0.227 e. The van der Waals surface area contributed by atoms with Crippen LogP contribution in [0.5, 0.6) is 5.75 Å². The van der Waals surface area contributed by atoms with Crippen LogP contribution in [0.15, 0.2) is 24.3 Å². The molecule has 3 aliphatic heterocycles. The van der Waals surface area contributed by atoms with E-state index in [9.17, 15) is 14.7 Å². The van der Waals surface area contributed by atoms with Gasteiger partial charge in [-0.1, -0.05) is 18.2 Å². The summed E-state index contributed by atoms with van der Waals surface area (Å²) in [4.78, 5) is 32.1. The van der Waals surface area contributed by atoms with Crippen LogP contribution in [0.2, 0.25) is 0 Å². The minimum absolute atomic E-state index is 0.0791. The molecule has 3 aliphatic rings. The van der Waals surface area contributed by atoms with Gasteiger partial charge < -0.3 is 19.8 Å². The zero-order valence-corrected chi connectivity index (χ0v) is 16.9. The average molecular weight is 386 g/mol. The number of hydrogen-bond donors (Lipinski definition) is 1. The smallest absolute Gasteiger partial charge is 0.227 e. The Morgan fingerprint density at radius 1 is 1.21 bits per heavy atom. The molecule has 0 aliphatic carbocycles. The van der Waals surface area contributed by atoms with Gasteiger partial charge in [0, 0.05) is 43.7 Å². The van der Waals surface area contributed by atoms with Crippen molar-refractivity contribution in [1.82, 2.24) is 14.7 Å². The number of phenols is 1. The number of amides is 2. The Bertz CT molecular complexity index is 750. The molecule has 6 heteroatoms. The van der Waals surface area contributed by atoms with E-state index in [0.717, 1.165) is 32.4 Å². The fraction of sp³-hybridized carbons (Fsp3) is 0.636. The number of carbonyl (C=O) groups excluding carboxylic acids is 2. The Morgan fingerprint density at radius 3 is 2.71 bits per heavy atom. The summed E-state index contributed by atoms with van der Waals surface area (Å²) in [5, 5.41) is 10.0. The van der Waals surface area contributed by atoms with E-state index in [2.05, 4.69) is 23.9 Å². The first-order valence-corrected chi connectivity index (χ1v) is 10.4. The van der Waals surface area contributed by atoms with E-state index in [1.807, 2.05) is 17.0 Å². The minimum Gasteiger partial charge on any atom is -0.508 e. The van der Waals surface area contributed by atoms with Crippen LogP contribution in [0.4, 0.5) is 0 Å². The summed E-state index contributed by atoms with van der Waals surface area (Å²) < 4.78 is 0. The van der Waals surface area contributed by atoms with Gasteiger partial charge in [-0.15, -0.1) is 0 Å². The van der Waals surface area contributed by atoms with E-state index in [1.54, 1.807) is 12.1 Å². The molecular weight excluding hydrogens is 354 g/mol. The van der Waals surface area contributed by atoms with Gasteiger partial charge in [0.15, 0.2) is 0 Å². The van der Waals surface area contributed by atoms with Gasteiger partial charge in [-0.25, -0.2) is 0 Å². The van der Waals surface area contributed by atoms with Crippen LogP contribution in [0.3, 0.4) is 0 Å². The third-order valence-corrected chi connectivity index (χ3v) is 6.73. The summed E-state index contributed by atoms with van der Waals surface area (Å²) in [6.07, 6.45) is 4.01. The molecule has 1 aromatic carbocycles. The van der Waals surface area contributed by atoms with Crippen molar-refractivity contribution in [3.63, 3.8) is 0 Å². The molecule has 4 atom stereocenters. The number of nitrogens with zero attached hydrogens (tertiary/aromatic N) is 3. The molecular formula is C22H31N3O3. The second kappa shape index (κ2) is 7.74. The molecule has 3 saturated heterocycles. The van der Waals surface area contributed by atoms with Gasteiger partial charge in [0.1, 0.15) is 5.75 Å². The number of likely N-dealkylation sites (tertiary alicyclic amines) is 1. The molecule has 0 radical (unpaired) electrons. The summed E-state index contributed by atoms with van der Waals surface area (Å²) in [6, 6.07) is 7.52. The highest BCUT2D eigenvalue weighted by molar-refractivity contribution is 5.80. The predicted molar refractivity (Wildman–Crippen MR) is 107 cm³/mol. The lowest BCUT2D eigenvalue weighted by Crippen LogP contribution is -2.67. The van der Waals surface area contributed by atoms with Gasteiger partial charge in [-0.2, -0.15) is 0 Å². The number of likely N-dealkylation sites (N-methyl/N-ethyl adjacent to an activating group) is 1. The van der Waals surface area contributed by atoms with E-state index in [-0.39, 0.29) is 30.2 Å². The molecule has 2 amide bonds. The van der Waals surface area contributed by atoms with Gasteiger partial charge in [-0.3, -0.25) is 9.59 Å². The largest absolute Gasteiger partial charge is 0.508 e. The summed E-state index contributed by atoms with van der Waals surface area (Å²) in [5.74, 6) is 1.26. The van der Waals surface area contributed by atoms with E-state index in [1.165, 1.54) is 0 Å². The van der Waals surface area contributed by atoms with E-state index < -0.39 is 0 Å². The first-order valence-electron chi connectivity index (χ1n) is 10.4. The molecule has 0 aromatic heterocycles. The van der Waals surface area contributed by atoms with Crippen LogP contribution in [0.1, 0.15) is 31.2 Å². The van der Waals surface area contributed by atoms with Crippen LogP contribution in [-0.4, -0.2) is 77.4 Å². The molecule has 3 fully saturated rings. The molecule has 0 unspecified atom stereocenters. The highest BCUT2D eigenvalue weighted by atomic mass is 16.3. The number of piperidine rings is 3. The second-order valence-electron chi connectivity index (χ2n) is 8.95. The molecule has 3 heterocycles. The number of aromatic hydroxyl groups is 1. The van der Waals surface area contributed by atoms with Gasteiger partial charge in [0.25, 0.3) is 0 Å². The fourth-order valence-electron chi connectivity index (χ4n) is 5.52. The summed E-state index contributed by atoms with van der Waals surface area (Å²) in [5.41, 5.74) is 0.683. The molecule has 1 aromatic rings. The predicted octanol–water partition coefficient (Wildman–Crippen LogP) is 1.72. The highest BCUT2D eigenvalue weighted by Gasteiger charge is 2.49. The van der Waals surface area contributed by atoms with Crippen LogP contribution >= 0.6 is 0 Å². The Labute approximate surface area is 167 Å². The first-order chi connectivity index (χ1) is 13.4. The molecule has 0 saturated carbocycles. The van der Waals surface area contributed by atoms with Crippen molar-refractivity contribution >= 4 is 11.8 Å². The van der Waals surface area contributed by atoms with Crippen LogP contribution in [0, 0.1) is 11.8 Å². The van der Waals surface area contributed by atoms with Crippen molar-refractivity contribution in [2.24, 2.45) is 11.8 Å². The number of rotatable bonds is 4. The second-order valence-corrected chi connectivity index (χ2v) is 8.95. The molecule has 0 spiro atoms. The SMILES string of the molecule is CN(C)C[C@H]1[C@H]2C[C@H](CN(C(=O)Cc3ccccc3O)C2)[C@@H]2CCCC(=O)N21. The maximum atomic E-state index is 13.0. The van der Waals surface area contributed by atoms with Gasteiger partial charge in [0.05, 0.1) is 6.42 Å². The fourth-order valence-corrected chi connectivity index (χ4v) is 5.52. The van der Waals surface area contributed by atoms with E-state index in [4.69, 9.17) is 0 Å². The van der Waals surface area contributed by atoms with Crippen LogP contribution < -0.4 is 0 Å². The van der Waals surface area contributed by atoms with E-state index >= 15 is 0 Å². The molecule has 28 heavy (non-hydrogen) atoms. The Kier molecular flexibility index (Phi) is 5.32. The number of carbonyl (C=O) groups is 2. The lowest BCUT2D eigenvalue weighted by Gasteiger charge is -2.57. The third kappa shape index (κ3) is 3.62. The first kappa shape index (κ1) is 19.2. The summed E-state index contributed by atoms with van der Waals surface area (Å²) in [7, 11) is 4.11. The topological polar surface area (TPSA) is 64.1 Å². The van der Waals surface area contributed by atoms with E-state index in [0.29, 0.717) is 36.3 Å². The number of phenolic OH excluding ortho intramolecular Hbond substituents is 1. The lowest BCUT2D eigenvalue weighted by molar-refractivity contribution is -0.156. The number of para-hydroxylation sites is 1. The summed E-state index contributed by atoms with van der Waals surface area (Å²) >= 11 is 0.